The van der Waals surface area contributed by atoms with Crippen molar-refractivity contribution in [2.75, 3.05) is 10.6 Å². The van der Waals surface area contributed by atoms with Crippen molar-refractivity contribution < 1.29 is 19.2 Å². The van der Waals surface area contributed by atoms with Gasteiger partial charge in [-0.1, -0.05) is 37.3 Å². The van der Waals surface area contributed by atoms with E-state index in [0.29, 0.717) is 37.8 Å². The Kier molecular flexibility index (Phi) is 6.08. The lowest BCUT2D eigenvalue weighted by molar-refractivity contribution is -0.138. The molecule has 7 heteroatoms. The van der Waals surface area contributed by atoms with Crippen LogP contribution in [0.3, 0.4) is 0 Å². The van der Waals surface area contributed by atoms with Gasteiger partial charge in [0.05, 0.1) is 5.41 Å². The van der Waals surface area contributed by atoms with Crippen molar-refractivity contribution in [3.63, 3.8) is 0 Å². The van der Waals surface area contributed by atoms with Gasteiger partial charge in [0.2, 0.25) is 23.6 Å². The zero-order chi connectivity index (χ0) is 22.7. The Hall–Kier alpha value is -3.48. The number of carbonyl (C=O) groups excluding carboxylic acids is 4. The summed E-state index contributed by atoms with van der Waals surface area (Å²) in [6, 6.07) is 14.9. The SMILES string of the molecule is CCC1(c2ccc(NC(=O)CCC3Cc4ccccc4NC3=O)cc2)CCC(=O)NC1=O. The van der Waals surface area contributed by atoms with Crippen molar-refractivity contribution in [1.29, 1.82) is 0 Å². The van der Waals surface area contributed by atoms with E-state index in [1.165, 1.54) is 0 Å². The summed E-state index contributed by atoms with van der Waals surface area (Å²) in [5.74, 6) is -0.931. The summed E-state index contributed by atoms with van der Waals surface area (Å²) in [6.07, 6.45) is 2.73. The van der Waals surface area contributed by atoms with Crippen molar-refractivity contribution in [3.8, 4) is 0 Å². The van der Waals surface area contributed by atoms with Gasteiger partial charge < -0.3 is 10.6 Å². The van der Waals surface area contributed by atoms with E-state index in [0.717, 1.165) is 16.8 Å². The number of anilines is 2. The molecule has 0 bridgehead atoms. The lowest BCUT2D eigenvalue weighted by Crippen LogP contribution is -2.51. The van der Waals surface area contributed by atoms with E-state index in [-0.39, 0.29) is 36.0 Å². The molecule has 2 aromatic rings. The topological polar surface area (TPSA) is 104 Å². The van der Waals surface area contributed by atoms with E-state index in [4.69, 9.17) is 0 Å². The molecular weight excluding hydrogens is 406 g/mol. The summed E-state index contributed by atoms with van der Waals surface area (Å²) >= 11 is 0. The molecule has 2 aliphatic rings. The van der Waals surface area contributed by atoms with Crippen molar-refractivity contribution in [2.24, 2.45) is 5.92 Å². The number of piperidine rings is 1. The van der Waals surface area contributed by atoms with Crippen LogP contribution in [0.1, 0.15) is 50.2 Å². The molecule has 166 valence electrons. The van der Waals surface area contributed by atoms with Gasteiger partial charge in [-0.3, -0.25) is 24.5 Å². The second-order valence-corrected chi connectivity index (χ2v) is 8.52. The normalized spacial score (nSPS) is 22.5. The highest BCUT2D eigenvalue weighted by atomic mass is 16.2. The van der Waals surface area contributed by atoms with Gasteiger partial charge in [-0.2, -0.15) is 0 Å². The molecule has 2 aliphatic heterocycles. The number of hydrogen-bond acceptors (Lipinski definition) is 4. The number of benzene rings is 2. The minimum atomic E-state index is -0.721. The Bertz CT molecular complexity index is 1060. The molecular formula is C25H27N3O4. The second kappa shape index (κ2) is 8.94. The Labute approximate surface area is 187 Å². The van der Waals surface area contributed by atoms with Crippen LogP contribution in [-0.2, 0) is 31.0 Å². The molecule has 1 saturated heterocycles. The summed E-state index contributed by atoms with van der Waals surface area (Å²) in [5, 5.41) is 8.22. The molecule has 0 radical (unpaired) electrons. The summed E-state index contributed by atoms with van der Waals surface area (Å²) in [4.78, 5) is 48.8. The fourth-order valence-corrected chi connectivity index (χ4v) is 4.61. The van der Waals surface area contributed by atoms with Crippen molar-refractivity contribution in [3.05, 3.63) is 59.7 Å². The first-order valence-corrected chi connectivity index (χ1v) is 11.0. The molecule has 7 nitrogen and oxygen atoms in total. The molecule has 4 rings (SSSR count). The number of para-hydroxylation sites is 1. The number of hydrogen-bond donors (Lipinski definition) is 3. The van der Waals surface area contributed by atoms with E-state index >= 15 is 0 Å². The van der Waals surface area contributed by atoms with Gasteiger partial charge in [-0.15, -0.1) is 0 Å². The van der Waals surface area contributed by atoms with E-state index in [1.807, 2.05) is 43.3 Å². The monoisotopic (exact) mass is 433 g/mol. The lowest BCUT2D eigenvalue weighted by Gasteiger charge is -2.35. The molecule has 1 fully saturated rings. The maximum absolute atomic E-state index is 12.5. The van der Waals surface area contributed by atoms with Crippen LogP contribution in [0, 0.1) is 5.92 Å². The number of nitrogens with one attached hydrogen (secondary N) is 3. The quantitative estimate of drug-likeness (QED) is 0.608. The molecule has 0 aromatic heterocycles. The molecule has 32 heavy (non-hydrogen) atoms. The number of amides is 4. The van der Waals surface area contributed by atoms with Gasteiger partial charge in [0, 0.05) is 30.1 Å². The third kappa shape index (κ3) is 4.28. The summed E-state index contributed by atoms with van der Waals surface area (Å²) in [7, 11) is 0. The zero-order valence-electron chi connectivity index (χ0n) is 18.1. The van der Waals surface area contributed by atoms with Gasteiger partial charge in [-0.25, -0.2) is 0 Å². The average Bonchev–Trinajstić information content (AvgIpc) is 2.79. The first-order chi connectivity index (χ1) is 15.4. The maximum Gasteiger partial charge on any atom is 0.237 e. The Balaban J connectivity index is 1.35. The van der Waals surface area contributed by atoms with Crippen LogP contribution >= 0.6 is 0 Å². The van der Waals surface area contributed by atoms with Gasteiger partial charge in [0.1, 0.15) is 0 Å². The van der Waals surface area contributed by atoms with E-state index < -0.39 is 5.41 Å². The molecule has 4 amide bonds. The zero-order valence-corrected chi connectivity index (χ0v) is 18.1. The van der Waals surface area contributed by atoms with Crippen LogP contribution in [0.2, 0.25) is 0 Å². The first kappa shape index (κ1) is 21.7. The summed E-state index contributed by atoms with van der Waals surface area (Å²) in [6.45, 7) is 1.94. The van der Waals surface area contributed by atoms with Gasteiger partial charge >= 0.3 is 0 Å². The molecule has 0 spiro atoms. The highest BCUT2D eigenvalue weighted by molar-refractivity contribution is 6.03. The molecule has 0 aliphatic carbocycles. The van der Waals surface area contributed by atoms with E-state index in [1.54, 1.807) is 12.1 Å². The standard InChI is InChI=1S/C25H27N3O4/c1-2-25(14-13-22(30)28-24(25)32)18-8-10-19(11-9-18)26-21(29)12-7-17-15-16-5-3-4-6-20(16)27-23(17)31/h3-6,8-11,17H,2,7,12-15H2,1H3,(H,26,29)(H,27,31)(H,28,30,32). The van der Waals surface area contributed by atoms with Crippen LogP contribution in [0.4, 0.5) is 11.4 Å². The largest absolute Gasteiger partial charge is 0.326 e. The number of imide groups is 1. The molecule has 2 atom stereocenters. The molecule has 3 N–H and O–H groups in total. The van der Waals surface area contributed by atoms with E-state index in [9.17, 15) is 19.2 Å². The van der Waals surface area contributed by atoms with Crippen molar-refractivity contribution >= 4 is 35.0 Å². The summed E-state index contributed by atoms with van der Waals surface area (Å²) < 4.78 is 0. The highest BCUT2D eigenvalue weighted by Crippen LogP contribution is 2.36. The second-order valence-electron chi connectivity index (χ2n) is 8.52. The molecule has 2 heterocycles. The Morgan fingerprint density at radius 2 is 1.81 bits per heavy atom. The van der Waals surface area contributed by atoms with Crippen LogP contribution in [0.15, 0.2) is 48.5 Å². The predicted octanol–water partition coefficient (Wildman–Crippen LogP) is 3.30. The van der Waals surface area contributed by atoms with Crippen molar-refractivity contribution in [1.82, 2.24) is 5.32 Å². The van der Waals surface area contributed by atoms with Crippen molar-refractivity contribution in [2.45, 2.75) is 50.9 Å². The minimum Gasteiger partial charge on any atom is -0.326 e. The minimum absolute atomic E-state index is 0.0463. The Morgan fingerprint density at radius 1 is 1.06 bits per heavy atom. The number of carbonyl (C=O) groups is 4. The van der Waals surface area contributed by atoms with Gasteiger partial charge in [0.15, 0.2) is 0 Å². The first-order valence-electron chi connectivity index (χ1n) is 11.0. The van der Waals surface area contributed by atoms with Crippen LogP contribution < -0.4 is 16.0 Å². The predicted molar refractivity (Wildman–Crippen MR) is 121 cm³/mol. The van der Waals surface area contributed by atoms with Gasteiger partial charge in [0.25, 0.3) is 0 Å². The summed E-state index contributed by atoms with van der Waals surface area (Å²) in [5.41, 5.74) is 2.68. The van der Waals surface area contributed by atoms with Gasteiger partial charge in [-0.05, 0) is 55.0 Å². The molecule has 2 unspecified atom stereocenters. The molecule has 2 aromatic carbocycles. The van der Waals surface area contributed by atoms with Crippen LogP contribution in [0.5, 0.6) is 0 Å². The fourth-order valence-electron chi connectivity index (χ4n) is 4.61. The van der Waals surface area contributed by atoms with Crippen LogP contribution in [-0.4, -0.2) is 23.6 Å². The highest BCUT2D eigenvalue weighted by Gasteiger charge is 2.42. The maximum atomic E-state index is 12.5. The third-order valence-electron chi connectivity index (χ3n) is 6.62. The number of rotatable bonds is 6. The third-order valence-corrected chi connectivity index (χ3v) is 6.62. The lowest BCUT2D eigenvalue weighted by atomic mass is 9.72. The number of fused-ring (bicyclic) bond motifs is 1. The van der Waals surface area contributed by atoms with E-state index in [2.05, 4.69) is 16.0 Å². The fraction of sp³-hybridized carbons (Fsp3) is 0.360. The van der Waals surface area contributed by atoms with Crippen LogP contribution in [0.25, 0.3) is 0 Å². The smallest absolute Gasteiger partial charge is 0.237 e. The average molecular weight is 434 g/mol. The molecule has 0 saturated carbocycles. The Morgan fingerprint density at radius 3 is 2.53 bits per heavy atom.